The fourth-order valence-electron chi connectivity index (χ4n) is 1.88. The maximum absolute atomic E-state index is 11.5. The quantitative estimate of drug-likeness (QED) is 0.869. The Morgan fingerprint density at radius 1 is 1.37 bits per heavy atom. The normalized spacial score (nSPS) is 10.9. The number of carboxylic acids is 1. The molecule has 0 saturated heterocycles. The van der Waals surface area contributed by atoms with Crippen LogP contribution in [0.3, 0.4) is 0 Å². The van der Waals surface area contributed by atoms with E-state index in [1.54, 1.807) is 16.9 Å². The summed E-state index contributed by atoms with van der Waals surface area (Å²) in [5.41, 5.74) is 1.85. The van der Waals surface area contributed by atoms with Gasteiger partial charge in [0.2, 0.25) is 0 Å². The summed E-state index contributed by atoms with van der Waals surface area (Å²) in [6.07, 6.45) is 3.68. The first-order valence-electron chi connectivity index (χ1n) is 6.00. The highest BCUT2D eigenvalue weighted by Crippen LogP contribution is 2.26. The summed E-state index contributed by atoms with van der Waals surface area (Å²) < 4.78 is 1.64. The third-order valence-electron chi connectivity index (χ3n) is 2.89. The summed E-state index contributed by atoms with van der Waals surface area (Å²) in [7, 11) is 0. The Balaban J connectivity index is 2.57. The fourth-order valence-corrected chi connectivity index (χ4v) is 2.49. The monoisotopic (exact) mass is 276 g/mol. The lowest BCUT2D eigenvalue weighted by atomic mass is 10.1. The van der Waals surface area contributed by atoms with Crippen molar-refractivity contribution in [1.29, 1.82) is 0 Å². The highest BCUT2D eigenvalue weighted by molar-refractivity contribution is 7.98. The zero-order valence-corrected chi connectivity index (χ0v) is 11.9. The Hall–Kier alpha value is -1.75. The first kappa shape index (κ1) is 13.7. The van der Waals surface area contributed by atoms with Crippen molar-refractivity contribution in [2.24, 2.45) is 0 Å². The van der Waals surface area contributed by atoms with E-state index in [-0.39, 0.29) is 0 Å². The molecule has 0 saturated carbocycles. The molecule has 0 spiro atoms. The van der Waals surface area contributed by atoms with Crippen LogP contribution in [0.25, 0.3) is 5.69 Å². The third-order valence-corrected chi connectivity index (χ3v) is 3.67. The first-order valence-corrected chi connectivity index (χ1v) is 7.23. The van der Waals surface area contributed by atoms with Crippen molar-refractivity contribution in [1.82, 2.24) is 9.78 Å². The molecule has 0 aliphatic rings. The number of thioether (sulfide) groups is 1. The Morgan fingerprint density at radius 3 is 2.63 bits per heavy atom. The average Bonchev–Trinajstić information content (AvgIpc) is 2.87. The van der Waals surface area contributed by atoms with Crippen molar-refractivity contribution in [3.05, 3.63) is 41.7 Å². The van der Waals surface area contributed by atoms with Crippen molar-refractivity contribution in [3.63, 3.8) is 0 Å². The SMILES string of the molecule is CSc1cccc(-n2ccc(C(C)C)n2)c1C(=O)O. The number of nitrogens with zero attached hydrogens (tertiary/aromatic N) is 2. The van der Waals surface area contributed by atoms with Gasteiger partial charge in [0.05, 0.1) is 16.9 Å². The van der Waals surface area contributed by atoms with Crippen LogP contribution in [0, 0.1) is 0 Å². The summed E-state index contributed by atoms with van der Waals surface area (Å²) in [5.74, 6) is -0.611. The molecule has 19 heavy (non-hydrogen) atoms. The molecule has 5 heteroatoms. The van der Waals surface area contributed by atoms with Gasteiger partial charge in [-0.2, -0.15) is 5.10 Å². The van der Waals surface area contributed by atoms with Crippen LogP contribution in [0.5, 0.6) is 0 Å². The van der Waals surface area contributed by atoms with Gasteiger partial charge in [0.25, 0.3) is 0 Å². The minimum atomic E-state index is -0.929. The highest BCUT2D eigenvalue weighted by Gasteiger charge is 2.17. The first-order chi connectivity index (χ1) is 9.04. The second kappa shape index (κ2) is 5.48. The summed E-state index contributed by atoms with van der Waals surface area (Å²) in [4.78, 5) is 12.2. The molecule has 0 unspecified atom stereocenters. The Kier molecular flexibility index (Phi) is 3.95. The van der Waals surface area contributed by atoms with Gasteiger partial charge in [-0.05, 0) is 30.4 Å². The van der Waals surface area contributed by atoms with E-state index >= 15 is 0 Å². The summed E-state index contributed by atoms with van der Waals surface area (Å²) >= 11 is 1.42. The Morgan fingerprint density at radius 2 is 2.11 bits per heavy atom. The highest BCUT2D eigenvalue weighted by atomic mass is 32.2. The predicted octanol–water partition coefficient (Wildman–Crippen LogP) is 3.42. The molecule has 2 rings (SSSR count). The largest absolute Gasteiger partial charge is 0.478 e. The van der Waals surface area contributed by atoms with E-state index < -0.39 is 5.97 Å². The minimum absolute atomic E-state index is 0.299. The fraction of sp³-hybridized carbons (Fsp3) is 0.286. The van der Waals surface area contributed by atoms with Crippen LogP contribution in [0.1, 0.15) is 35.8 Å². The van der Waals surface area contributed by atoms with Crippen LogP contribution in [-0.4, -0.2) is 27.1 Å². The van der Waals surface area contributed by atoms with Crippen LogP contribution >= 0.6 is 11.8 Å². The molecule has 0 fully saturated rings. The van der Waals surface area contributed by atoms with Gasteiger partial charge >= 0.3 is 5.97 Å². The Labute approximate surface area is 116 Å². The predicted molar refractivity (Wildman–Crippen MR) is 76.4 cm³/mol. The number of aromatic nitrogens is 2. The lowest BCUT2D eigenvalue weighted by molar-refractivity contribution is 0.0693. The number of rotatable bonds is 4. The van der Waals surface area contributed by atoms with Crippen LogP contribution in [-0.2, 0) is 0 Å². The number of benzene rings is 1. The van der Waals surface area contributed by atoms with E-state index in [1.807, 2.05) is 24.5 Å². The molecule has 0 aliphatic carbocycles. The van der Waals surface area contributed by atoms with Crippen LogP contribution in [0.4, 0.5) is 0 Å². The zero-order valence-electron chi connectivity index (χ0n) is 11.1. The number of aromatic carboxylic acids is 1. The summed E-state index contributed by atoms with van der Waals surface area (Å²) in [6, 6.07) is 7.36. The molecule has 1 N–H and O–H groups in total. The molecule has 0 radical (unpaired) electrons. The standard InChI is InChI=1S/C14H16N2O2S/c1-9(2)10-7-8-16(15-10)11-5-4-6-12(19-3)13(11)14(17)18/h4-9H,1-3H3,(H,17,18). The minimum Gasteiger partial charge on any atom is -0.478 e. The van der Waals surface area contributed by atoms with Crippen molar-refractivity contribution in [2.45, 2.75) is 24.7 Å². The number of hydrogen-bond acceptors (Lipinski definition) is 3. The molecule has 0 amide bonds. The molecule has 0 bridgehead atoms. The molecule has 100 valence electrons. The van der Waals surface area contributed by atoms with E-state index in [1.165, 1.54) is 11.8 Å². The molecular weight excluding hydrogens is 260 g/mol. The molecule has 4 nitrogen and oxygen atoms in total. The maximum atomic E-state index is 11.5. The van der Waals surface area contributed by atoms with Gasteiger partial charge < -0.3 is 5.11 Å². The Bertz CT molecular complexity index is 605. The van der Waals surface area contributed by atoms with Crippen LogP contribution < -0.4 is 0 Å². The maximum Gasteiger partial charge on any atom is 0.339 e. The van der Waals surface area contributed by atoms with E-state index in [9.17, 15) is 9.90 Å². The molecule has 1 heterocycles. The molecule has 0 aliphatic heterocycles. The number of hydrogen-bond donors (Lipinski definition) is 1. The van der Waals surface area contributed by atoms with E-state index in [4.69, 9.17) is 0 Å². The van der Waals surface area contributed by atoms with Crippen molar-refractivity contribution in [3.8, 4) is 5.69 Å². The van der Waals surface area contributed by atoms with Crippen LogP contribution in [0.15, 0.2) is 35.4 Å². The topological polar surface area (TPSA) is 55.1 Å². The molecular formula is C14H16N2O2S. The van der Waals surface area contributed by atoms with E-state index in [0.717, 1.165) is 10.6 Å². The van der Waals surface area contributed by atoms with E-state index in [0.29, 0.717) is 17.2 Å². The van der Waals surface area contributed by atoms with Gasteiger partial charge in [-0.15, -0.1) is 11.8 Å². The lowest BCUT2D eigenvalue weighted by Crippen LogP contribution is -2.08. The van der Waals surface area contributed by atoms with Crippen molar-refractivity contribution >= 4 is 17.7 Å². The smallest absolute Gasteiger partial charge is 0.339 e. The summed E-state index contributed by atoms with van der Waals surface area (Å²) in [6.45, 7) is 4.12. The molecule has 2 aromatic rings. The molecule has 1 aromatic heterocycles. The van der Waals surface area contributed by atoms with Crippen molar-refractivity contribution < 1.29 is 9.90 Å². The van der Waals surface area contributed by atoms with Crippen LogP contribution in [0.2, 0.25) is 0 Å². The summed E-state index contributed by atoms with van der Waals surface area (Å²) in [5, 5.41) is 13.8. The second-order valence-electron chi connectivity index (χ2n) is 4.50. The van der Waals surface area contributed by atoms with Crippen molar-refractivity contribution in [2.75, 3.05) is 6.26 Å². The van der Waals surface area contributed by atoms with Gasteiger partial charge in [0.15, 0.2) is 0 Å². The molecule has 0 atom stereocenters. The number of carbonyl (C=O) groups is 1. The van der Waals surface area contributed by atoms with Gasteiger partial charge in [-0.1, -0.05) is 19.9 Å². The van der Waals surface area contributed by atoms with E-state index in [2.05, 4.69) is 18.9 Å². The van der Waals surface area contributed by atoms with Gasteiger partial charge in [0, 0.05) is 11.1 Å². The average molecular weight is 276 g/mol. The van der Waals surface area contributed by atoms with Gasteiger partial charge in [-0.3, -0.25) is 0 Å². The molecule has 1 aromatic carbocycles. The van der Waals surface area contributed by atoms with Gasteiger partial charge in [-0.25, -0.2) is 9.48 Å². The van der Waals surface area contributed by atoms with Gasteiger partial charge in [0.1, 0.15) is 0 Å². The lowest BCUT2D eigenvalue weighted by Gasteiger charge is -2.10. The number of carboxylic acid groups (broad SMARTS) is 1. The third kappa shape index (κ3) is 2.66. The second-order valence-corrected chi connectivity index (χ2v) is 5.35. The zero-order chi connectivity index (χ0) is 14.0.